The molecule has 0 radical (unpaired) electrons. The fourth-order valence-corrected chi connectivity index (χ4v) is 3.73. The Kier molecular flexibility index (Phi) is 4.85. The van der Waals surface area contributed by atoms with Crippen molar-refractivity contribution in [2.24, 2.45) is 0 Å². The van der Waals surface area contributed by atoms with Gasteiger partial charge in [0.1, 0.15) is 30.9 Å². The molecule has 0 aromatic heterocycles. The van der Waals surface area contributed by atoms with Crippen LogP contribution < -0.4 is 10.2 Å². The van der Waals surface area contributed by atoms with Crippen molar-refractivity contribution in [2.45, 2.75) is 25.5 Å². The molecule has 4 rings (SSSR count). The zero-order valence-electron chi connectivity index (χ0n) is 15.6. The number of hydrogen-bond donors (Lipinski definition) is 1. The van der Waals surface area contributed by atoms with Gasteiger partial charge in [-0.1, -0.05) is 0 Å². The number of anilines is 1. The summed E-state index contributed by atoms with van der Waals surface area (Å²) in [6.07, 6.45) is 0.591. The average molecular weight is 407 g/mol. The molecule has 2 amide bonds. The first-order valence-electron chi connectivity index (χ1n) is 9.16. The monoisotopic (exact) mass is 407 g/mol. The number of nitrogens with one attached hydrogen (secondary N) is 1. The third-order valence-electron chi connectivity index (χ3n) is 5.11. The third-order valence-corrected chi connectivity index (χ3v) is 5.11. The van der Waals surface area contributed by atoms with E-state index in [1.165, 1.54) is 6.92 Å². The summed E-state index contributed by atoms with van der Waals surface area (Å²) in [5, 5.41) is 2.54. The summed E-state index contributed by atoms with van der Waals surface area (Å²) in [6.45, 7) is 1.74. The summed E-state index contributed by atoms with van der Waals surface area (Å²) in [7, 11) is 0. The van der Waals surface area contributed by atoms with Gasteiger partial charge in [-0.15, -0.1) is 0 Å². The standard InChI is InChI=1S/C19H19F2N3O5/c1-10(25)22-5-14-7-24(19(27)29-14)12-3-15(20)18(16(21)4-12)11-2-13-9-28-17(26)8-23(13)6-11/h3-4,6,13-14H,2,5,7-9H2,1H3,(H,22,25)/t13?,14-/m0/s1. The number of morpholine rings is 1. The number of nitrogens with zero attached hydrogens (tertiary/aromatic N) is 2. The molecule has 2 fully saturated rings. The predicted octanol–water partition coefficient (Wildman–Crippen LogP) is 1.40. The number of amides is 2. The summed E-state index contributed by atoms with van der Waals surface area (Å²) >= 11 is 0. The number of rotatable bonds is 4. The van der Waals surface area contributed by atoms with Crippen LogP contribution in [-0.2, 0) is 19.1 Å². The van der Waals surface area contributed by atoms with Crippen molar-refractivity contribution in [1.82, 2.24) is 10.2 Å². The van der Waals surface area contributed by atoms with Gasteiger partial charge in [-0.05, 0) is 24.1 Å². The van der Waals surface area contributed by atoms with Crippen molar-refractivity contribution in [1.29, 1.82) is 0 Å². The first-order chi connectivity index (χ1) is 13.8. The van der Waals surface area contributed by atoms with Crippen LogP contribution in [0.4, 0.5) is 19.3 Å². The molecule has 3 aliphatic heterocycles. The van der Waals surface area contributed by atoms with E-state index in [0.717, 1.165) is 17.0 Å². The second-order valence-electron chi connectivity index (χ2n) is 7.21. The van der Waals surface area contributed by atoms with E-state index in [2.05, 4.69) is 5.32 Å². The van der Waals surface area contributed by atoms with E-state index in [4.69, 9.17) is 9.47 Å². The molecule has 3 heterocycles. The Bertz CT molecular complexity index is 896. The van der Waals surface area contributed by atoms with Crippen molar-refractivity contribution >= 4 is 29.2 Å². The van der Waals surface area contributed by atoms with E-state index < -0.39 is 23.8 Å². The predicted molar refractivity (Wildman–Crippen MR) is 96.7 cm³/mol. The van der Waals surface area contributed by atoms with Crippen LogP contribution in [0.2, 0.25) is 0 Å². The first-order valence-corrected chi connectivity index (χ1v) is 9.16. The van der Waals surface area contributed by atoms with Gasteiger partial charge in [0.05, 0.1) is 30.4 Å². The van der Waals surface area contributed by atoms with E-state index in [9.17, 15) is 23.2 Å². The number of ether oxygens (including phenoxy) is 2. The lowest BCUT2D eigenvalue weighted by Gasteiger charge is -2.28. The maximum Gasteiger partial charge on any atom is 0.414 e. The molecule has 2 saturated heterocycles. The molecule has 29 heavy (non-hydrogen) atoms. The van der Waals surface area contributed by atoms with Crippen molar-refractivity contribution < 1.29 is 32.6 Å². The SMILES string of the molecule is CC(=O)NC[C@H]1CN(c2cc(F)c(C3=CN4CC(=O)OCC4C3)c(F)c2)C(=O)O1. The number of carbonyl (C=O) groups excluding carboxylic acids is 3. The molecule has 1 N–H and O–H groups in total. The smallest absolute Gasteiger partial charge is 0.414 e. The van der Waals surface area contributed by atoms with Crippen LogP contribution in [0.1, 0.15) is 18.9 Å². The van der Waals surface area contributed by atoms with Crippen LogP contribution in [0, 0.1) is 11.6 Å². The molecule has 1 unspecified atom stereocenters. The van der Waals surface area contributed by atoms with Gasteiger partial charge in [-0.3, -0.25) is 14.5 Å². The van der Waals surface area contributed by atoms with Gasteiger partial charge in [0.25, 0.3) is 0 Å². The highest BCUT2D eigenvalue weighted by molar-refractivity contribution is 5.90. The van der Waals surface area contributed by atoms with Crippen LogP contribution in [0.15, 0.2) is 18.3 Å². The van der Waals surface area contributed by atoms with E-state index in [1.807, 2.05) is 0 Å². The van der Waals surface area contributed by atoms with Crippen molar-refractivity contribution in [3.8, 4) is 0 Å². The molecular weight excluding hydrogens is 388 g/mol. The summed E-state index contributed by atoms with van der Waals surface area (Å²) in [5.74, 6) is -2.27. The maximum atomic E-state index is 14.8. The molecule has 10 heteroatoms. The highest BCUT2D eigenvalue weighted by Gasteiger charge is 2.36. The Labute approximate surface area is 165 Å². The van der Waals surface area contributed by atoms with Gasteiger partial charge in [-0.2, -0.15) is 0 Å². The van der Waals surface area contributed by atoms with Gasteiger partial charge in [0.2, 0.25) is 5.91 Å². The summed E-state index contributed by atoms with van der Waals surface area (Å²) < 4.78 is 39.8. The molecule has 2 atom stereocenters. The molecule has 0 aliphatic carbocycles. The van der Waals surface area contributed by atoms with Gasteiger partial charge in [0.15, 0.2) is 0 Å². The van der Waals surface area contributed by atoms with Crippen LogP contribution in [0.25, 0.3) is 5.57 Å². The number of benzene rings is 1. The van der Waals surface area contributed by atoms with E-state index in [1.54, 1.807) is 11.1 Å². The van der Waals surface area contributed by atoms with E-state index in [0.29, 0.717) is 12.0 Å². The van der Waals surface area contributed by atoms with Crippen LogP contribution in [0.5, 0.6) is 0 Å². The molecule has 0 bridgehead atoms. The zero-order chi connectivity index (χ0) is 20.7. The van der Waals surface area contributed by atoms with Gasteiger partial charge in [-0.25, -0.2) is 13.6 Å². The average Bonchev–Trinajstić information content (AvgIpc) is 3.22. The van der Waals surface area contributed by atoms with Crippen molar-refractivity contribution in [3.05, 3.63) is 35.5 Å². The Morgan fingerprint density at radius 1 is 1.28 bits per heavy atom. The number of hydrogen-bond acceptors (Lipinski definition) is 6. The third kappa shape index (κ3) is 3.74. The molecule has 154 valence electrons. The number of halogens is 2. The Morgan fingerprint density at radius 2 is 2.00 bits per heavy atom. The number of fused-ring (bicyclic) bond motifs is 1. The van der Waals surface area contributed by atoms with E-state index >= 15 is 0 Å². The second-order valence-corrected chi connectivity index (χ2v) is 7.21. The van der Waals surface area contributed by atoms with Crippen molar-refractivity contribution in [3.63, 3.8) is 0 Å². The number of esters is 1. The van der Waals surface area contributed by atoms with Gasteiger partial charge >= 0.3 is 12.1 Å². The molecule has 1 aromatic carbocycles. The molecule has 8 nitrogen and oxygen atoms in total. The minimum absolute atomic E-state index is 0.0360. The number of cyclic esters (lactones) is 2. The minimum Gasteiger partial charge on any atom is -0.462 e. The van der Waals surface area contributed by atoms with Gasteiger partial charge in [0, 0.05) is 13.1 Å². The Hall–Kier alpha value is -3.17. The fraction of sp³-hybridized carbons (Fsp3) is 0.421. The molecule has 3 aliphatic rings. The molecule has 0 spiro atoms. The lowest BCUT2D eigenvalue weighted by molar-refractivity contribution is -0.151. The Morgan fingerprint density at radius 3 is 2.69 bits per heavy atom. The lowest BCUT2D eigenvalue weighted by Crippen LogP contribution is -2.42. The second kappa shape index (κ2) is 7.34. The first kappa shape index (κ1) is 19.2. The molecular formula is C19H19F2N3O5. The summed E-state index contributed by atoms with van der Waals surface area (Å²) in [4.78, 5) is 37.3. The molecule has 1 aromatic rings. The normalized spacial score (nSPS) is 23.5. The van der Waals surface area contributed by atoms with E-state index in [-0.39, 0.29) is 55.4 Å². The van der Waals surface area contributed by atoms with Crippen LogP contribution in [-0.4, -0.2) is 61.3 Å². The fourth-order valence-electron chi connectivity index (χ4n) is 3.73. The largest absolute Gasteiger partial charge is 0.462 e. The highest BCUT2D eigenvalue weighted by Crippen LogP contribution is 2.36. The summed E-state index contributed by atoms with van der Waals surface area (Å²) in [6, 6.07) is 2.03. The Balaban J connectivity index is 1.54. The topological polar surface area (TPSA) is 88.2 Å². The quantitative estimate of drug-likeness (QED) is 0.760. The number of carbonyl (C=O) groups is 3. The van der Waals surface area contributed by atoms with Crippen LogP contribution >= 0.6 is 0 Å². The maximum absolute atomic E-state index is 14.8. The zero-order valence-corrected chi connectivity index (χ0v) is 15.6. The lowest BCUT2D eigenvalue weighted by atomic mass is 10.0. The highest BCUT2D eigenvalue weighted by atomic mass is 19.1. The van der Waals surface area contributed by atoms with Crippen molar-refractivity contribution in [2.75, 3.05) is 31.1 Å². The molecule has 0 saturated carbocycles. The van der Waals surface area contributed by atoms with Crippen LogP contribution in [0.3, 0.4) is 0 Å². The minimum atomic E-state index is -0.809. The van der Waals surface area contributed by atoms with Gasteiger partial charge < -0.3 is 19.7 Å². The summed E-state index contributed by atoms with van der Waals surface area (Å²) in [5.41, 5.74) is 0.286.